The Balaban J connectivity index is 1.98. The van der Waals surface area contributed by atoms with E-state index in [0.29, 0.717) is 17.9 Å². The lowest BCUT2D eigenvalue weighted by Crippen LogP contribution is -2.34. The standard InChI is InChI=1S/C17H20N2O4S/c1-12(17(21)22-3)8-19(2)16(20)13-5-4-6-15(7-13)23-9-14-10-24-11-18-14/h4-7,10-12H,8-9H2,1-3H3. The van der Waals surface area contributed by atoms with Gasteiger partial charge >= 0.3 is 5.97 Å². The van der Waals surface area contributed by atoms with Gasteiger partial charge in [0.2, 0.25) is 0 Å². The molecule has 0 saturated carbocycles. The number of methoxy groups -OCH3 is 1. The highest BCUT2D eigenvalue weighted by Crippen LogP contribution is 2.17. The van der Waals surface area contributed by atoms with Crippen LogP contribution in [-0.4, -0.2) is 42.5 Å². The Hall–Kier alpha value is -2.41. The van der Waals surface area contributed by atoms with Gasteiger partial charge in [0, 0.05) is 24.5 Å². The summed E-state index contributed by atoms with van der Waals surface area (Å²) >= 11 is 1.51. The van der Waals surface area contributed by atoms with Gasteiger partial charge in [-0.15, -0.1) is 11.3 Å². The monoisotopic (exact) mass is 348 g/mol. The minimum atomic E-state index is -0.381. The van der Waals surface area contributed by atoms with Gasteiger partial charge in [-0.25, -0.2) is 4.98 Å². The highest BCUT2D eigenvalue weighted by atomic mass is 32.1. The zero-order chi connectivity index (χ0) is 17.5. The van der Waals surface area contributed by atoms with Crippen LogP contribution in [-0.2, 0) is 16.1 Å². The lowest BCUT2D eigenvalue weighted by atomic mass is 10.1. The maximum Gasteiger partial charge on any atom is 0.310 e. The summed E-state index contributed by atoms with van der Waals surface area (Å²) in [5.74, 6) is -0.295. The van der Waals surface area contributed by atoms with Crippen LogP contribution in [0, 0.1) is 5.92 Å². The number of aromatic nitrogens is 1. The molecule has 0 aliphatic heterocycles. The molecule has 6 nitrogen and oxygen atoms in total. The van der Waals surface area contributed by atoms with Gasteiger partial charge in [0.25, 0.3) is 5.91 Å². The molecule has 2 rings (SSSR count). The fourth-order valence-corrected chi connectivity index (χ4v) is 2.72. The molecule has 1 amide bonds. The Kier molecular flexibility index (Phi) is 6.31. The van der Waals surface area contributed by atoms with Gasteiger partial charge in [0.1, 0.15) is 12.4 Å². The number of esters is 1. The first-order valence-corrected chi connectivity index (χ1v) is 8.38. The van der Waals surface area contributed by atoms with E-state index >= 15 is 0 Å². The van der Waals surface area contributed by atoms with Gasteiger partial charge in [0.15, 0.2) is 0 Å². The van der Waals surface area contributed by atoms with E-state index in [2.05, 4.69) is 9.72 Å². The fourth-order valence-electron chi connectivity index (χ4n) is 2.17. The molecule has 1 aromatic carbocycles. The molecule has 24 heavy (non-hydrogen) atoms. The predicted molar refractivity (Wildman–Crippen MR) is 91.0 cm³/mol. The van der Waals surface area contributed by atoms with E-state index < -0.39 is 0 Å². The number of amides is 1. The first-order valence-electron chi connectivity index (χ1n) is 7.44. The van der Waals surface area contributed by atoms with Crippen molar-refractivity contribution in [3.05, 3.63) is 46.4 Å². The van der Waals surface area contributed by atoms with Gasteiger partial charge in [-0.1, -0.05) is 13.0 Å². The summed E-state index contributed by atoms with van der Waals surface area (Å²) in [4.78, 5) is 29.6. The SMILES string of the molecule is COC(=O)C(C)CN(C)C(=O)c1cccc(OCc2cscn2)c1. The van der Waals surface area contributed by atoms with Gasteiger partial charge in [-0.2, -0.15) is 0 Å². The van der Waals surface area contributed by atoms with E-state index in [4.69, 9.17) is 4.74 Å². The van der Waals surface area contributed by atoms with Crippen LogP contribution in [0.1, 0.15) is 23.0 Å². The van der Waals surface area contributed by atoms with Crippen LogP contribution in [0.3, 0.4) is 0 Å². The average Bonchev–Trinajstić information content (AvgIpc) is 3.12. The molecule has 1 atom stereocenters. The van der Waals surface area contributed by atoms with E-state index in [0.717, 1.165) is 5.69 Å². The molecular weight excluding hydrogens is 328 g/mol. The number of rotatable bonds is 7. The second kappa shape index (κ2) is 8.44. The Morgan fingerprint density at radius 1 is 1.38 bits per heavy atom. The normalized spacial score (nSPS) is 11.6. The molecule has 0 bridgehead atoms. The zero-order valence-corrected chi connectivity index (χ0v) is 14.7. The van der Waals surface area contributed by atoms with Crippen molar-refractivity contribution in [2.45, 2.75) is 13.5 Å². The first kappa shape index (κ1) is 17.9. The molecule has 1 aromatic heterocycles. The molecule has 1 heterocycles. The van der Waals surface area contributed by atoms with Crippen LogP contribution in [0.2, 0.25) is 0 Å². The second-order valence-corrected chi connectivity index (χ2v) is 6.12. The molecule has 0 spiro atoms. The highest BCUT2D eigenvalue weighted by molar-refractivity contribution is 7.07. The maximum absolute atomic E-state index is 12.5. The number of benzene rings is 1. The van der Waals surface area contributed by atoms with Crippen molar-refractivity contribution >= 4 is 23.2 Å². The van der Waals surface area contributed by atoms with Gasteiger partial charge < -0.3 is 14.4 Å². The first-order chi connectivity index (χ1) is 11.5. The van der Waals surface area contributed by atoms with Gasteiger partial charge in [0.05, 0.1) is 24.2 Å². The number of carbonyl (C=O) groups excluding carboxylic acids is 2. The molecule has 0 saturated heterocycles. The quantitative estimate of drug-likeness (QED) is 0.720. The summed E-state index contributed by atoms with van der Waals surface area (Å²) in [5.41, 5.74) is 3.10. The summed E-state index contributed by atoms with van der Waals surface area (Å²) < 4.78 is 10.3. The molecule has 7 heteroatoms. The highest BCUT2D eigenvalue weighted by Gasteiger charge is 2.20. The van der Waals surface area contributed by atoms with Crippen molar-refractivity contribution in [3.63, 3.8) is 0 Å². The number of hydrogen-bond acceptors (Lipinski definition) is 6. The van der Waals surface area contributed by atoms with Crippen molar-refractivity contribution in [1.29, 1.82) is 0 Å². The van der Waals surface area contributed by atoms with E-state index in [1.165, 1.54) is 23.3 Å². The summed E-state index contributed by atoms with van der Waals surface area (Å²) in [6.07, 6.45) is 0. The molecule has 2 aromatic rings. The van der Waals surface area contributed by atoms with Gasteiger partial charge in [-0.3, -0.25) is 9.59 Å². The zero-order valence-electron chi connectivity index (χ0n) is 13.9. The largest absolute Gasteiger partial charge is 0.487 e. The summed E-state index contributed by atoms with van der Waals surface area (Å²) in [7, 11) is 2.99. The minimum absolute atomic E-state index is 0.176. The van der Waals surface area contributed by atoms with E-state index in [9.17, 15) is 9.59 Å². The number of carbonyl (C=O) groups is 2. The lowest BCUT2D eigenvalue weighted by Gasteiger charge is -2.20. The summed E-state index contributed by atoms with van der Waals surface area (Å²) in [6, 6.07) is 6.97. The molecule has 0 radical (unpaired) electrons. The van der Waals surface area contributed by atoms with E-state index in [1.54, 1.807) is 43.7 Å². The molecule has 0 aliphatic rings. The van der Waals surface area contributed by atoms with Crippen LogP contribution >= 0.6 is 11.3 Å². The van der Waals surface area contributed by atoms with Crippen molar-refractivity contribution in [2.24, 2.45) is 5.92 Å². The summed E-state index contributed by atoms with van der Waals surface area (Å²) in [6.45, 7) is 2.37. The Morgan fingerprint density at radius 2 is 2.17 bits per heavy atom. The molecule has 128 valence electrons. The Bertz CT molecular complexity index is 688. The summed E-state index contributed by atoms with van der Waals surface area (Å²) in [5, 5.41) is 1.91. The fraction of sp³-hybridized carbons (Fsp3) is 0.353. The van der Waals surface area contributed by atoms with Crippen LogP contribution in [0.25, 0.3) is 0 Å². The van der Waals surface area contributed by atoms with Crippen molar-refractivity contribution in [1.82, 2.24) is 9.88 Å². The van der Waals surface area contributed by atoms with E-state index in [-0.39, 0.29) is 24.3 Å². The van der Waals surface area contributed by atoms with Crippen LogP contribution in [0.15, 0.2) is 35.2 Å². The number of thiazole rings is 1. The maximum atomic E-state index is 12.5. The second-order valence-electron chi connectivity index (χ2n) is 5.41. The Morgan fingerprint density at radius 3 is 2.83 bits per heavy atom. The van der Waals surface area contributed by atoms with Crippen LogP contribution < -0.4 is 4.74 Å². The smallest absolute Gasteiger partial charge is 0.310 e. The van der Waals surface area contributed by atoms with Crippen LogP contribution in [0.5, 0.6) is 5.75 Å². The van der Waals surface area contributed by atoms with Crippen LogP contribution in [0.4, 0.5) is 0 Å². The van der Waals surface area contributed by atoms with Crippen molar-refractivity contribution in [3.8, 4) is 5.75 Å². The molecule has 0 aliphatic carbocycles. The van der Waals surface area contributed by atoms with Crippen molar-refractivity contribution < 1.29 is 19.1 Å². The van der Waals surface area contributed by atoms with Gasteiger partial charge in [-0.05, 0) is 18.2 Å². The molecule has 0 fully saturated rings. The van der Waals surface area contributed by atoms with E-state index in [1.807, 2.05) is 5.38 Å². The number of nitrogens with zero attached hydrogens (tertiary/aromatic N) is 2. The molecular formula is C17H20N2O4S. The number of ether oxygens (including phenoxy) is 2. The topological polar surface area (TPSA) is 68.7 Å². The lowest BCUT2D eigenvalue weighted by molar-refractivity contribution is -0.145. The predicted octanol–water partition coefficient (Wildman–Crippen LogP) is 2.60. The third kappa shape index (κ3) is 4.79. The number of hydrogen-bond donors (Lipinski definition) is 0. The molecule has 0 N–H and O–H groups in total. The third-order valence-electron chi connectivity index (χ3n) is 3.45. The minimum Gasteiger partial charge on any atom is -0.487 e. The van der Waals surface area contributed by atoms with Crippen molar-refractivity contribution in [2.75, 3.05) is 20.7 Å². The molecule has 1 unspecified atom stereocenters. The Labute approximate surface area is 145 Å². The average molecular weight is 348 g/mol. The third-order valence-corrected chi connectivity index (χ3v) is 4.08.